The predicted octanol–water partition coefficient (Wildman–Crippen LogP) is 2.10. The average Bonchev–Trinajstić information content (AvgIpc) is 2.49. The number of hydrogen-bond acceptors (Lipinski definition) is 4. The predicted molar refractivity (Wildman–Crippen MR) is 85.0 cm³/mol. The summed E-state index contributed by atoms with van der Waals surface area (Å²) in [4.78, 5) is 16.7. The van der Waals surface area contributed by atoms with Gasteiger partial charge in [-0.1, -0.05) is 11.6 Å². The van der Waals surface area contributed by atoms with Gasteiger partial charge in [0.15, 0.2) is 0 Å². The number of rotatable bonds is 3. The van der Waals surface area contributed by atoms with Crippen molar-refractivity contribution in [3.63, 3.8) is 0 Å². The highest BCUT2D eigenvalue weighted by Gasteiger charge is 2.26. The molecule has 0 spiro atoms. The number of halogens is 1. The molecule has 0 atom stereocenters. The van der Waals surface area contributed by atoms with Gasteiger partial charge in [-0.25, -0.2) is 0 Å². The highest BCUT2D eigenvalue weighted by atomic mass is 35.5. The molecule has 1 amide bonds. The molecule has 0 radical (unpaired) electrons. The Kier molecular flexibility index (Phi) is 4.96. The molecule has 1 aliphatic heterocycles. The van der Waals surface area contributed by atoms with Gasteiger partial charge in [-0.2, -0.15) is 0 Å². The van der Waals surface area contributed by atoms with Gasteiger partial charge in [-0.05, 0) is 33.0 Å². The number of carbonyl (C=O) groups excluding carboxylic acids is 1. The van der Waals surface area contributed by atoms with Gasteiger partial charge in [0.05, 0.1) is 23.4 Å². The van der Waals surface area contributed by atoms with Crippen LogP contribution in [0.2, 0.25) is 5.02 Å². The first kappa shape index (κ1) is 15.9. The lowest BCUT2D eigenvalue weighted by Crippen LogP contribution is -2.44. The molecule has 0 bridgehead atoms. The number of hydrogen-bond donors (Lipinski definition) is 1. The van der Waals surface area contributed by atoms with Gasteiger partial charge in [0.25, 0.3) is 5.91 Å². The number of ether oxygens (including phenoxy) is 1. The molecule has 1 aromatic carbocycles. The van der Waals surface area contributed by atoms with E-state index in [0.29, 0.717) is 28.1 Å². The Bertz CT molecular complexity index is 526. The van der Waals surface area contributed by atoms with Crippen LogP contribution in [-0.4, -0.2) is 56.0 Å². The van der Waals surface area contributed by atoms with Crippen molar-refractivity contribution in [1.82, 2.24) is 9.80 Å². The Morgan fingerprint density at radius 1 is 1.38 bits per heavy atom. The molecule has 1 saturated heterocycles. The monoisotopic (exact) mass is 311 g/mol. The van der Waals surface area contributed by atoms with Gasteiger partial charge in [-0.3, -0.25) is 4.79 Å². The number of carbonyl (C=O) groups is 1. The Morgan fingerprint density at radius 3 is 2.52 bits per heavy atom. The molecule has 116 valence electrons. The summed E-state index contributed by atoms with van der Waals surface area (Å²) in [6, 6.07) is 3.73. The van der Waals surface area contributed by atoms with Crippen molar-refractivity contribution >= 4 is 23.2 Å². The molecule has 2 rings (SSSR count). The molecule has 0 aromatic heterocycles. The van der Waals surface area contributed by atoms with E-state index in [1.54, 1.807) is 12.1 Å². The maximum Gasteiger partial charge on any atom is 0.257 e. The molecule has 1 aliphatic rings. The molecule has 1 aromatic rings. The van der Waals surface area contributed by atoms with Crippen molar-refractivity contribution in [3.05, 3.63) is 22.7 Å². The van der Waals surface area contributed by atoms with Crippen LogP contribution in [0.4, 0.5) is 5.69 Å². The number of nitrogens with zero attached hydrogens (tertiary/aromatic N) is 2. The number of piperidine rings is 1. The van der Waals surface area contributed by atoms with E-state index in [0.717, 1.165) is 25.9 Å². The lowest BCUT2D eigenvalue weighted by Gasteiger charge is -2.35. The van der Waals surface area contributed by atoms with Crippen molar-refractivity contribution in [3.8, 4) is 5.75 Å². The SMILES string of the molecule is COc1cc(N)c(Cl)cc1C(=O)N1CCC(N(C)C)CC1. The van der Waals surface area contributed by atoms with Gasteiger partial charge in [0.1, 0.15) is 5.75 Å². The molecule has 1 fully saturated rings. The summed E-state index contributed by atoms with van der Waals surface area (Å²) in [6.45, 7) is 1.49. The van der Waals surface area contributed by atoms with Crippen LogP contribution in [0, 0.1) is 0 Å². The van der Waals surface area contributed by atoms with Crippen molar-refractivity contribution in [2.45, 2.75) is 18.9 Å². The van der Waals surface area contributed by atoms with E-state index < -0.39 is 0 Å². The topological polar surface area (TPSA) is 58.8 Å². The maximum absolute atomic E-state index is 12.7. The third-order valence-corrected chi connectivity index (χ3v) is 4.36. The summed E-state index contributed by atoms with van der Waals surface area (Å²) in [5.74, 6) is 0.419. The number of nitrogen functional groups attached to an aromatic ring is 1. The van der Waals surface area contributed by atoms with Crippen LogP contribution in [0.3, 0.4) is 0 Å². The standard InChI is InChI=1S/C15H22ClN3O2/c1-18(2)10-4-6-19(7-5-10)15(20)11-8-12(16)13(17)9-14(11)21-3/h8-10H,4-7,17H2,1-3H3. The van der Waals surface area contributed by atoms with Crippen molar-refractivity contribution in [2.24, 2.45) is 0 Å². The third kappa shape index (κ3) is 3.41. The molecule has 2 N–H and O–H groups in total. The second-order valence-corrected chi connectivity index (χ2v) is 5.97. The largest absolute Gasteiger partial charge is 0.496 e. The molecule has 6 heteroatoms. The van der Waals surface area contributed by atoms with Crippen LogP contribution < -0.4 is 10.5 Å². The van der Waals surface area contributed by atoms with E-state index in [1.165, 1.54) is 7.11 Å². The minimum atomic E-state index is -0.0500. The minimum absolute atomic E-state index is 0.0500. The number of likely N-dealkylation sites (tertiary alicyclic amines) is 1. The molecular formula is C15H22ClN3O2. The van der Waals surface area contributed by atoms with Gasteiger partial charge in [0.2, 0.25) is 0 Å². The second kappa shape index (κ2) is 6.54. The average molecular weight is 312 g/mol. The number of methoxy groups -OCH3 is 1. The van der Waals surface area contributed by atoms with Crippen LogP contribution in [0.25, 0.3) is 0 Å². The first-order valence-electron chi connectivity index (χ1n) is 7.02. The Morgan fingerprint density at radius 2 is 2.00 bits per heavy atom. The van der Waals surface area contributed by atoms with Crippen molar-refractivity contribution in [2.75, 3.05) is 40.0 Å². The fourth-order valence-electron chi connectivity index (χ4n) is 2.66. The van der Waals surface area contributed by atoms with Crippen molar-refractivity contribution in [1.29, 1.82) is 0 Å². The number of amides is 1. The van der Waals surface area contributed by atoms with Gasteiger partial charge >= 0.3 is 0 Å². The van der Waals surface area contributed by atoms with Crippen LogP contribution in [0.5, 0.6) is 5.75 Å². The van der Waals surface area contributed by atoms with Crippen molar-refractivity contribution < 1.29 is 9.53 Å². The number of anilines is 1. The quantitative estimate of drug-likeness (QED) is 0.869. The summed E-state index contributed by atoms with van der Waals surface area (Å²) in [5, 5.41) is 0.377. The molecule has 0 unspecified atom stereocenters. The lowest BCUT2D eigenvalue weighted by atomic mass is 10.0. The smallest absolute Gasteiger partial charge is 0.257 e. The van der Waals surface area contributed by atoms with Crippen LogP contribution >= 0.6 is 11.6 Å². The fraction of sp³-hybridized carbons (Fsp3) is 0.533. The highest BCUT2D eigenvalue weighted by Crippen LogP contribution is 2.30. The number of nitrogens with two attached hydrogens (primary N) is 1. The molecule has 5 nitrogen and oxygen atoms in total. The van der Waals surface area contributed by atoms with E-state index in [-0.39, 0.29) is 5.91 Å². The Hall–Kier alpha value is -1.46. The lowest BCUT2D eigenvalue weighted by molar-refractivity contribution is 0.0660. The minimum Gasteiger partial charge on any atom is -0.496 e. The molecule has 1 heterocycles. The maximum atomic E-state index is 12.7. The summed E-state index contributed by atoms with van der Waals surface area (Å²) in [6.07, 6.45) is 1.95. The van der Waals surface area contributed by atoms with E-state index in [1.807, 2.05) is 4.90 Å². The Labute approximate surface area is 130 Å². The summed E-state index contributed by atoms with van der Waals surface area (Å²) in [7, 11) is 5.67. The zero-order chi connectivity index (χ0) is 15.6. The normalized spacial score (nSPS) is 16.3. The molecule has 21 heavy (non-hydrogen) atoms. The third-order valence-electron chi connectivity index (χ3n) is 4.03. The van der Waals surface area contributed by atoms with Gasteiger partial charge < -0.3 is 20.3 Å². The fourth-order valence-corrected chi connectivity index (χ4v) is 2.82. The van der Waals surface area contributed by atoms with E-state index in [9.17, 15) is 4.79 Å². The first-order chi connectivity index (χ1) is 9.93. The van der Waals surface area contributed by atoms with Crippen LogP contribution in [0.1, 0.15) is 23.2 Å². The van der Waals surface area contributed by atoms with Gasteiger partial charge in [-0.15, -0.1) is 0 Å². The van der Waals surface area contributed by atoms with E-state index in [2.05, 4.69) is 19.0 Å². The van der Waals surface area contributed by atoms with Crippen LogP contribution in [0.15, 0.2) is 12.1 Å². The molecule has 0 aliphatic carbocycles. The van der Waals surface area contributed by atoms with Crippen LogP contribution in [-0.2, 0) is 0 Å². The zero-order valence-corrected chi connectivity index (χ0v) is 13.5. The number of benzene rings is 1. The summed E-state index contributed by atoms with van der Waals surface area (Å²) >= 11 is 6.03. The molecule has 0 saturated carbocycles. The highest BCUT2D eigenvalue weighted by molar-refractivity contribution is 6.33. The summed E-state index contributed by atoms with van der Waals surface area (Å²) in [5.41, 5.74) is 6.64. The first-order valence-corrected chi connectivity index (χ1v) is 7.40. The Balaban J connectivity index is 2.16. The molecular weight excluding hydrogens is 290 g/mol. The van der Waals surface area contributed by atoms with E-state index in [4.69, 9.17) is 22.1 Å². The van der Waals surface area contributed by atoms with E-state index >= 15 is 0 Å². The summed E-state index contributed by atoms with van der Waals surface area (Å²) < 4.78 is 5.26. The zero-order valence-electron chi connectivity index (χ0n) is 12.7. The second-order valence-electron chi connectivity index (χ2n) is 5.56. The van der Waals surface area contributed by atoms with Gasteiger partial charge in [0, 0.05) is 25.2 Å².